The summed E-state index contributed by atoms with van der Waals surface area (Å²) in [5.41, 5.74) is 0. The van der Waals surface area contributed by atoms with Crippen LogP contribution >= 0.6 is 24.0 Å². The molecule has 0 heterocycles. The normalized spacial score (nSPS) is 16.4. The van der Waals surface area contributed by atoms with Gasteiger partial charge >= 0.3 is 0 Å². The average molecular weight is 369 g/mol. The maximum Gasteiger partial charge on any atom is 0.191 e. The molecule has 0 aliphatic heterocycles. The standard InChI is InChI=1S/C13H27N3O.HI/c1-3-14-13(15-10-7-11-17-4-2)16-12-8-5-6-9-12;/h12H,3-11H2,1-2H3,(H2,14,15,16);1H. The molecular weight excluding hydrogens is 341 g/mol. The minimum atomic E-state index is 0. The Kier molecular flexibility index (Phi) is 12.0. The van der Waals surface area contributed by atoms with Crippen LogP contribution in [0.5, 0.6) is 0 Å². The minimum absolute atomic E-state index is 0. The van der Waals surface area contributed by atoms with Gasteiger partial charge in [-0.2, -0.15) is 0 Å². The number of nitrogens with one attached hydrogen (secondary N) is 2. The van der Waals surface area contributed by atoms with Crippen molar-refractivity contribution in [2.45, 2.75) is 52.0 Å². The molecular formula is C13H28IN3O. The molecule has 0 bridgehead atoms. The number of halogens is 1. The van der Waals surface area contributed by atoms with Crippen LogP contribution in [0.4, 0.5) is 0 Å². The molecule has 0 radical (unpaired) electrons. The van der Waals surface area contributed by atoms with Crippen LogP contribution in [0.25, 0.3) is 0 Å². The van der Waals surface area contributed by atoms with Gasteiger partial charge in [-0.1, -0.05) is 12.8 Å². The third kappa shape index (κ3) is 8.13. The van der Waals surface area contributed by atoms with Crippen molar-refractivity contribution in [1.82, 2.24) is 10.6 Å². The van der Waals surface area contributed by atoms with Crippen LogP contribution in [0.15, 0.2) is 4.99 Å². The van der Waals surface area contributed by atoms with Crippen LogP contribution in [-0.4, -0.2) is 38.3 Å². The van der Waals surface area contributed by atoms with Crippen LogP contribution in [0, 0.1) is 0 Å². The highest BCUT2D eigenvalue weighted by molar-refractivity contribution is 14.0. The fraction of sp³-hybridized carbons (Fsp3) is 0.923. The van der Waals surface area contributed by atoms with Crippen molar-refractivity contribution in [1.29, 1.82) is 0 Å². The minimum Gasteiger partial charge on any atom is -0.382 e. The van der Waals surface area contributed by atoms with Gasteiger partial charge in [0.15, 0.2) is 5.96 Å². The first-order valence-corrected chi connectivity index (χ1v) is 6.99. The Bertz CT molecular complexity index is 218. The second-order valence-electron chi connectivity index (χ2n) is 4.44. The SMILES string of the molecule is CCNC(=NCCCOCC)NC1CCCC1.I. The van der Waals surface area contributed by atoms with E-state index in [-0.39, 0.29) is 24.0 Å². The summed E-state index contributed by atoms with van der Waals surface area (Å²) in [5, 5.41) is 6.80. The molecule has 1 aliphatic carbocycles. The average Bonchev–Trinajstić information content (AvgIpc) is 2.82. The third-order valence-corrected chi connectivity index (χ3v) is 2.96. The maximum absolute atomic E-state index is 5.30. The lowest BCUT2D eigenvalue weighted by Crippen LogP contribution is -2.42. The molecule has 0 saturated heterocycles. The van der Waals surface area contributed by atoms with Gasteiger partial charge in [0.2, 0.25) is 0 Å². The van der Waals surface area contributed by atoms with E-state index in [4.69, 9.17) is 4.74 Å². The van der Waals surface area contributed by atoms with E-state index < -0.39 is 0 Å². The molecule has 2 N–H and O–H groups in total. The molecule has 1 saturated carbocycles. The number of hydrogen-bond donors (Lipinski definition) is 2. The Morgan fingerprint density at radius 1 is 1.28 bits per heavy atom. The molecule has 5 heteroatoms. The quantitative estimate of drug-likeness (QED) is 0.314. The maximum atomic E-state index is 5.30. The zero-order chi connectivity index (χ0) is 12.3. The van der Waals surface area contributed by atoms with Gasteiger partial charge in [-0.05, 0) is 33.1 Å². The topological polar surface area (TPSA) is 45.7 Å². The highest BCUT2D eigenvalue weighted by Crippen LogP contribution is 2.17. The monoisotopic (exact) mass is 369 g/mol. The Morgan fingerprint density at radius 2 is 2.00 bits per heavy atom. The van der Waals surface area contributed by atoms with E-state index in [1.165, 1.54) is 25.7 Å². The van der Waals surface area contributed by atoms with Gasteiger partial charge in [-0.25, -0.2) is 0 Å². The lowest BCUT2D eigenvalue weighted by atomic mass is 10.2. The largest absolute Gasteiger partial charge is 0.382 e. The summed E-state index contributed by atoms with van der Waals surface area (Å²) in [5.74, 6) is 0.968. The van der Waals surface area contributed by atoms with Crippen LogP contribution in [0.1, 0.15) is 46.0 Å². The van der Waals surface area contributed by atoms with Crippen molar-refractivity contribution < 1.29 is 4.74 Å². The van der Waals surface area contributed by atoms with Gasteiger partial charge < -0.3 is 15.4 Å². The molecule has 0 atom stereocenters. The third-order valence-electron chi connectivity index (χ3n) is 2.96. The zero-order valence-corrected chi connectivity index (χ0v) is 14.0. The van der Waals surface area contributed by atoms with Gasteiger partial charge in [0.1, 0.15) is 0 Å². The van der Waals surface area contributed by atoms with E-state index in [1.807, 2.05) is 6.92 Å². The summed E-state index contributed by atoms with van der Waals surface area (Å²) in [6.45, 7) is 7.49. The van der Waals surface area contributed by atoms with Gasteiger partial charge in [-0.3, -0.25) is 4.99 Å². The number of ether oxygens (including phenoxy) is 1. The molecule has 0 aromatic rings. The molecule has 0 unspecified atom stereocenters. The summed E-state index contributed by atoms with van der Waals surface area (Å²) >= 11 is 0. The van der Waals surface area contributed by atoms with E-state index in [2.05, 4.69) is 22.5 Å². The molecule has 18 heavy (non-hydrogen) atoms. The number of guanidine groups is 1. The molecule has 108 valence electrons. The molecule has 0 spiro atoms. The van der Waals surface area contributed by atoms with Crippen molar-refractivity contribution in [3.05, 3.63) is 0 Å². The number of nitrogens with zero attached hydrogens (tertiary/aromatic N) is 1. The second-order valence-corrected chi connectivity index (χ2v) is 4.44. The van der Waals surface area contributed by atoms with E-state index in [0.29, 0.717) is 6.04 Å². The highest BCUT2D eigenvalue weighted by Gasteiger charge is 2.15. The van der Waals surface area contributed by atoms with Crippen LogP contribution in [0.2, 0.25) is 0 Å². The molecule has 4 nitrogen and oxygen atoms in total. The van der Waals surface area contributed by atoms with Crippen LogP contribution in [0.3, 0.4) is 0 Å². The Balaban J connectivity index is 0.00000289. The fourth-order valence-electron chi connectivity index (χ4n) is 2.09. The van der Waals surface area contributed by atoms with Crippen molar-refractivity contribution in [2.75, 3.05) is 26.3 Å². The van der Waals surface area contributed by atoms with Crippen molar-refractivity contribution in [2.24, 2.45) is 4.99 Å². The summed E-state index contributed by atoms with van der Waals surface area (Å²) in [7, 11) is 0. The number of aliphatic imine (C=N–C) groups is 1. The summed E-state index contributed by atoms with van der Waals surface area (Å²) in [6.07, 6.45) is 6.25. The summed E-state index contributed by atoms with van der Waals surface area (Å²) < 4.78 is 5.30. The first-order chi connectivity index (χ1) is 8.36. The van der Waals surface area contributed by atoms with Crippen molar-refractivity contribution in [3.63, 3.8) is 0 Å². The predicted octanol–water partition coefficient (Wildman–Crippen LogP) is 2.53. The summed E-state index contributed by atoms with van der Waals surface area (Å²) in [4.78, 5) is 4.56. The van der Waals surface area contributed by atoms with Crippen molar-refractivity contribution >= 4 is 29.9 Å². The fourth-order valence-corrected chi connectivity index (χ4v) is 2.09. The van der Waals surface area contributed by atoms with E-state index in [0.717, 1.165) is 38.7 Å². The van der Waals surface area contributed by atoms with Crippen LogP contribution in [-0.2, 0) is 4.74 Å². The van der Waals surface area contributed by atoms with Gasteiger partial charge in [0, 0.05) is 32.3 Å². The predicted molar refractivity (Wildman–Crippen MR) is 87.9 cm³/mol. The molecule has 1 rings (SSSR count). The van der Waals surface area contributed by atoms with Gasteiger partial charge in [-0.15, -0.1) is 24.0 Å². The zero-order valence-electron chi connectivity index (χ0n) is 11.7. The van der Waals surface area contributed by atoms with Gasteiger partial charge in [0.25, 0.3) is 0 Å². The van der Waals surface area contributed by atoms with E-state index in [9.17, 15) is 0 Å². The Hall–Kier alpha value is -0.0400. The number of hydrogen-bond acceptors (Lipinski definition) is 2. The first-order valence-electron chi connectivity index (χ1n) is 6.99. The van der Waals surface area contributed by atoms with E-state index >= 15 is 0 Å². The van der Waals surface area contributed by atoms with Gasteiger partial charge in [0.05, 0.1) is 0 Å². The first kappa shape index (κ1) is 18.0. The van der Waals surface area contributed by atoms with E-state index in [1.54, 1.807) is 0 Å². The molecule has 1 aliphatic rings. The van der Waals surface area contributed by atoms with Crippen molar-refractivity contribution in [3.8, 4) is 0 Å². The molecule has 1 fully saturated rings. The summed E-state index contributed by atoms with van der Waals surface area (Å²) in [6, 6.07) is 0.625. The molecule has 0 aromatic heterocycles. The van der Waals surface area contributed by atoms with Crippen LogP contribution < -0.4 is 10.6 Å². The molecule has 0 amide bonds. The number of rotatable bonds is 7. The Morgan fingerprint density at radius 3 is 2.61 bits per heavy atom. The lowest BCUT2D eigenvalue weighted by molar-refractivity contribution is 0.146. The lowest BCUT2D eigenvalue weighted by Gasteiger charge is -2.16. The second kappa shape index (κ2) is 12.0. The smallest absolute Gasteiger partial charge is 0.191 e. The molecule has 0 aromatic carbocycles. The highest BCUT2D eigenvalue weighted by atomic mass is 127. The Labute approximate surface area is 128 Å².